The molecule has 1 aromatic heterocycles. The Hall–Kier alpha value is -0.770. The zero-order valence-electron chi connectivity index (χ0n) is 11.6. The maximum atomic E-state index is 12.4. The van der Waals surface area contributed by atoms with Gasteiger partial charge in [-0.3, -0.25) is 0 Å². The van der Waals surface area contributed by atoms with Gasteiger partial charge >= 0.3 is 0 Å². The van der Waals surface area contributed by atoms with E-state index in [1.54, 1.807) is 18.2 Å². The Labute approximate surface area is 142 Å². The molecule has 0 amide bonds. The van der Waals surface area contributed by atoms with Gasteiger partial charge in [0.05, 0.1) is 18.1 Å². The molecule has 2 N–H and O–H groups in total. The number of rotatable bonds is 8. The van der Waals surface area contributed by atoms with Crippen LogP contribution in [0.15, 0.2) is 51.1 Å². The third-order valence-corrected chi connectivity index (χ3v) is 6.26. The van der Waals surface area contributed by atoms with E-state index in [1.807, 2.05) is 17.5 Å². The summed E-state index contributed by atoms with van der Waals surface area (Å²) < 4.78 is 33.3. The molecule has 0 aliphatic rings. The lowest BCUT2D eigenvalue weighted by atomic mass is 10.3. The highest BCUT2D eigenvalue weighted by molar-refractivity contribution is 9.10. The average molecular weight is 406 g/mol. The summed E-state index contributed by atoms with van der Waals surface area (Å²) in [5, 5.41) is 10.8. The number of hydrogen-bond acceptors (Lipinski definition) is 5. The third kappa shape index (κ3) is 4.61. The van der Waals surface area contributed by atoms with Gasteiger partial charge in [-0.15, -0.1) is 11.3 Å². The van der Waals surface area contributed by atoms with Gasteiger partial charge in [-0.2, -0.15) is 0 Å². The molecule has 1 aromatic carbocycles. The fourth-order valence-corrected chi connectivity index (χ4v) is 4.64. The minimum absolute atomic E-state index is 0.101. The van der Waals surface area contributed by atoms with Gasteiger partial charge in [-0.25, -0.2) is 13.1 Å². The highest BCUT2D eigenvalue weighted by Crippen LogP contribution is 2.24. The van der Waals surface area contributed by atoms with Crippen molar-refractivity contribution in [3.8, 4) is 0 Å². The summed E-state index contributed by atoms with van der Waals surface area (Å²) in [5.41, 5.74) is 0. The number of nitrogens with one attached hydrogen (secondary N) is 1. The predicted molar refractivity (Wildman–Crippen MR) is 89.4 cm³/mol. The molecule has 0 bridgehead atoms. The van der Waals surface area contributed by atoms with E-state index < -0.39 is 16.1 Å². The monoisotopic (exact) mass is 405 g/mol. The van der Waals surface area contributed by atoms with Crippen molar-refractivity contribution >= 4 is 37.3 Å². The van der Waals surface area contributed by atoms with Gasteiger partial charge in [-0.05, 0) is 39.5 Å². The highest BCUT2D eigenvalue weighted by atomic mass is 79.9. The van der Waals surface area contributed by atoms with Gasteiger partial charge < -0.3 is 9.84 Å². The van der Waals surface area contributed by atoms with Crippen LogP contribution in [0, 0.1) is 0 Å². The SMILES string of the molecule is O=S(=O)(NCC(OCCO)c1cccs1)c1ccccc1Br. The molecule has 0 aliphatic carbocycles. The van der Waals surface area contributed by atoms with Crippen molar-refractivity contribution in [1.82, 2.24) is 4.72 Å². The molecule has 0 fully saturated rings. The van der Waals surface area contributed by atoms with Crippen molar-refractivity contribution in [1.29, 1.82) is 0 Å². The fourth-order valence-electron chi connectivity index (χ4n) is 1.84. The van der Waals surface area contributed by atoms with Crippen molar-refractivity contribution in [3.63, 3.8) is 0 Å². The second-order valence-corrected chi connectivity index (χ2v) is 7.95. The van der Waals surface area contributed by atoms with Crippen LogP contribution in [0.2, 0.25) is 0 Å². The molecule has 0 aliphatic heterocycles. The quantitative estimate of drug-likeness (QED) is 0.707. The lowest BCUT2D eigenvalue weighted by molar-refractivity contribution is 0.0328. The smallest absolute Gasteiger partial charge is 0.241 e. The van der Waals surface area contributed by atoms with Gasteiger partial charge in [0.2, 0.25) is 10.0 Å². The van der Waals surface area contributed by atoms with Crippen LogP contribution in [0.4, 0.5) is 0 Å². The molecule has 8 heteroatoms. The molecule has 1 atom stereocenters. The minimum Gasteiger partial charge on any atom is -0.394 e. The molecule has 5 nitrogen and oxygen atoms in total. The van der Waals surface area contributed by atoms with Crippen molar-refractivity contribution < 1.29 is 18.3 Å². The first-order valence-electron chi connectivity index (χ1n) is 6.54. The lowest BCUT2D eigenvalue weighted by Crippen LogP contribution is -2.30. The molecule has 0 spiro atoms. The van der Waals surface area contributed by atoms with Crippen LogP contribution in [0.1, 0.15) is 11.0 Å². The number of halogens is 1. The van der Waals surface area contributed by atoms with Crippen LogP contribution in [0.5, 0.6) is 0 Å². The normalized spacial score (nSPS) is 13.2. The van der Waals surface area contributed by atoms with Crippen LogP contribution in [-0.4, -0.2) is 33.3 Å². The zero-order chi connectivity index (χ0) is 16.0. The van der Waals surface area contributed by atoms with Crippen LogP contribution >= 0.6 is 27.3 Å². The molecular weight excluding hydrogens is 390 g/mol. The average Bonchev–Trinajstić information content (AvgIpc) is 3.02. The van der Waals surface area contributed by atoms with E-state index in [2.05, 4.69) is 20.7 Å². The summed E-state index contributed by atoms with van der Waals surface area (Å²) in [5.74, 6) is 0. The number of thiophene rings is 1. The molecule has 2 rings (SSSR count). The van der Waals surface area contributed by atoms with E-state index in [-0.39, 0.29) is 24.7 Å². The summed E-state index contributed by atoms with van der Waals surface area (Å²) in [4.78, 5) is 1.09. The third-order valence-electron chi connectivity index (χ3n) is 2.86. The minimum atomic E-state index is -3.64. The summed E-state index contributed by atoms with van der Waals surface area (Å²) in [6, 6.07) is 10.4. The number of hydrogen-bond donors (Lipinski definition) is 2. The number of aliphatic hydroxyl groups is 1. The number of aliphatic hydroxyl groups excluding tert-OH is 1. The van der Waals surface area contributed by atoms with Crippen molar-refractivity contribution in [3.05, 3.63) is 51.1 Å². The number of sulfonamides is 1. The first-order chi connectivity index (χ1) is 10.5. The van der Waals surface area contributed by atoms with E-state index >= 15 is 0 Å². The maximum absolute atomic E-state index is 12.4. The Morgan fingerprint density at radius 1 is 1.27 bits per heavy atom. The fraction of sp³-hybridized carbons (Fsp3) is 0.286. The standard InChI is InChI=1S/C14H16BrNO4S2/c15-11-4-1-2-6-14(11)22(18,19)16-10-12(20-8-7-17)13-5-3-9-21-13/h1-6,9,12,16-17H,7-8,10H2. The molecule has 22 heavy (non-hydrogen) atoms. The molecular formula is C14H16BrNO4S2. The largest absolute Gasteiger partial charge is 0.394 e. The molecule has 0 radical (unpaired) electrons. The van der Waals surface area contributed by atoms with Crippen molar-refractivity contribution in [2.75, 3.05) is 19.8 Å². The van der Waals surface area contributed by atoms with E-state index in [1.165, 1.54) is 17.4 Å². The summed E-state index contributed by atoms with van der Waals surface area (Å²) in [6.45, 7) is 0.141. The van der Waals surface area contributed by atoms with Crippen LogP contribution in [-0.2, 0) is 14.8 Å². The van der Waals surface area contributed by atoms with Gasteiger partial charge in [0.25, 0.3) is 0 Å². The molecule has 1 heterocycles. The Morgan fingerprint density at radius 3 is 2.68 bits per heavy atom. The Morgan fingerprint density at radius 2 is 2.05 bits per heavy atom. The second-order valence-electron chi connectivity index (χ2n) is 4.38. The van der Waals surface area contributed by atoms with E-state index in [0.717, 1.165) is 4.88 Å². The van der Waals surface area contributed by atoms with Crippen LogP contribution in [0.3, 0.4) is 0 Å². The molecule has 0 saturated heterocycles. The van der Waals surface area contributed by atoms with Gasteiger partial charge in [0, 0.05) is 15.9 Å². The van der Waals surface area contributed by atoms with Crippen molar-refractivity contribution in [2.24, 2.45) is 0 Å². The Balaban J connectivity index is 2.10. The predicted octanol–water partition coefficient (Wildman–Crippen LogP) is 2.54. The van der Waals surface area contributed by atoms with Crippen LogP contribution < -0.4 is 4.72 Å². The van der Waals surface area contributed by atoms with Gasteiger partial charge in [0.1, 0.15) is 6.10 Å². The van der Waals surface area contributed by atoms with Gasteiger partial charge in [0.15, 0.2) is 0 Å². The van der Waals surface area contributed by atoms with Crippen LogP contribution in [0.25, 0.3) is 0 Å². The number of ether oxygens (including phenoxy) is 1. The Bertz CT molecular complexity index is 689. The lowest BCUT2D eigenvalue weighted by Gasteiger charge is -2.17. The highest BCUT2D eigenvalue weighted by Gasteiger charge is 2.21. The number of benzene rings is 1. The molecule has 2 aromatic rings. The summed E-state index contributed by atoms with van der Waals surface area (Å²) in [7, 11) is -3.64. The first-order valence-corrected chi connectivity index (χ1v) is 9.70. The second kappa shape index (κ2) is 8.19. The Kier molecular flexibility index (Phi) is 6.54. The topological polar surface area (TPSA) is 75.6 Å². The van der Waals surface area contributed by atoms with Crippen molar-refractivity contribution in [2.45, 2.75) is 11.0 Å². The molecule has 1 unspecified atom stereocenters. The van der Waals surface area contributed by atoms with E-state index in [9.17, 15) is 8.42 Å². The zero-order valence-corrected chi connectivity index (χ0v) is 14.8. The van der Waals surface area contributed by atoms with E-state index in [4.69, 9.17) is 9.84 Å². The summed E-state index contributed by atoms with van der Waals surface area (Å²) >= 11 is 4.72. The molecule has 0 saturated carbocycles. The molecule has 120 valence electrons. The van der Waals surface area contributed by atoms with Gasteiger partial charge in [-0.1, -0.05) is 18.2 Å². The van der Waals surface area contributed by atoms with E-state index in [0.29, 0.717) is 4.47 Å². The first kappa shape index (κ1) is 17.6. The maximum Gasteiger partial charge on any atom is 0.241 e. The summed E-state index contributed by atoms with van der Waals surface area (Å²) in [6.07, 6.45) is -0.426.